The number of aromatic nitrogens is 2. The number of amides is 1. The SMILES string of the molecule is O=C(Nc1cccc(Cl)c1-n1cccn1)C1CNCCO1. The molecule has 0 radical (unpaired) electrons. The number of hydrogen-bond donors (Lipinski definition) is 2. The third-order valence-corrected chi connectivity index (χ3v) is 3.50. The van der Waals surface area contributed by atoms with Crippen molar-refractivity contribution in [1.82, 2.24) is 15.1 Å². The van der Waals surface area contributed by atoms with E-state index in [1.807, 2.05) is 0 Å². The predicted molar refractivity (Wildman–Crippen MR) is 79.8 cm³/mol. The lowest BCUT2D eigenvalue weighted by molar-refractivity contribution is -0.128. The fourth-order valence-corrected chi connectivity index (χ4v) is 2.46. The summed E-state index contributed by atoms with van der Waals surface area (Å²) in [5, 5.41) is 10.7. The minimum absolute atomic E-state index is 0.196. The Morgan fingerprint density at radius 2 is 2.38 bits per heavy atom. The summed E-state index contributed by atoms with van der Waals surface area (Å²) in [7, 11) is 0. The van der Waals surface area contributed by atoms with Gasteiger partial charge in [0.05, 0.1) is 17.3 Å². The summed E-state index contributed by atoms with van der Waals surface area (Å²) < 4.78 is 7.07. The molecule has 0 saturated carbocycles. The fourth-order valence-electron chi connectivity index (χ4n) is 2.20. The molecule has 1 amide bonds. The maximum Gasteiger partial charge on any atom is 0.254 e. The Labute approximate surface area is 127 Å². The number of nitrogens with zero attached hydrogens (tertiary/aromatic N) is 2. The van der Waals surface area contributed by atoms with Gasteiger partial charge in [-0.1, -0.05) is 17.7 Å². The summed E-state index contributed by atoms with van der Waals surface area (Å²) >= 11 is 6.23. The van der Waals surface area contributed by atoms with Gasteiger partial charge >= 0.3 is 0 Å². The first-order valence-electron chi connectivity index (χ1n) is 6.67. The molecule has 3 rings (SSSR count). The molecule has 1 aromatic heterocycles. The molecule has 7 heteroatoms. The highest BCUT2D eigenvalue weighted by Crippen LogP contribution is 2.28. The van der Waals surface area contributed by atoms with Crippen LogP contribution in [0.5, 0.6) is 0 Å². The van der Waals surface area contributed by atoms with Crippen molar-refractivity contribution < 1.29 is 9.53 Å². The molecular formula is C14H15ClN4O2. The Morgan fingerprint density at radius 1 is 1.48 bits per heavy atom. The van der Waals surface area contributed by atoms with Crippen molar-refractivity contribution in [3.8, 4) is 5.69 Å². The summed E-state index contributed by atoms with van der Waals surface area (Å²) in [6.07, 6.45) is 2.93. The van der Waals surface area contributed by atoms with Crippen molar-refractivity contribution in [3.63, 3.8) is 0 Å². The monoisotopic (exact) mass is 306 g/mol. The minimum atomic E-state index is -0.497. The van der Waals surface area contributed by atoms with Crippen molar-refractivity contribution in [2.24, 2.45) is 0 Å². The van der Waals surface area contributed by atoms with E-state index >= 15 is 0 Å². The van der Waals surface area contributed by atoms with Gasteiger partial charge in [0.25, 0.3) is 5.91 Å². The number of benzene rings is 1. The molecule has 110 valence electrons. The average molecular weight is 307 g/mol. The lowest BCUT2D eigenvalue weighted by Crippen LogP contribution is -2.45. The van der Waals surface area contributed by atoms with Crippen molar-refractivity contribution in [2.45, 2.75) is 6.10 Å². The van der Waals surface area contributed by atoms with E-state index in [4.69, 9.17) is 16.3 Å². The van der Waals surface area contributed by atoms with Crippen molar-refractivity contribution in [1.29, 1.82) is 0 Å². The Morgan fingerprint density at radius 3 is 3.10 bits per heavy atom. The van der Waals surface area contributed by atoms with E-state index in [0.717, 1.165) is 6.54 Å². The number of halogens is 1. The van der Waals surface area contributed by atoms with E-state index in [2.05, 4.69) is 15.7 Å². The molecule has 1 atom stereocenters. The number of carbonyl (C=O) groups excluding carboxylic acids is 1. The molecule has 2 aromatic rings. The van der Waals surface area contributed by atoms with E-state index in [1.54, 1.807) is 41.3 Å². The number of para-hydroxylation sites is 1. The van der Waals surface area contributed by atoms with Crippen LogP contribution in [0.2, 0.25) is 5.02 Å². The van der Waals surface area contributed by atoms with Crippen LogP contribution >= 0.6 is 11.6 Å². The van der Waals surface area contributed by atoms with Crippen LogP contribution in [0, 0.1) is 0 Å². The number of rotatable bonds is 3. The van der Waals surface area contributed by atoms with Crippen LogP contribution in [0.15, 0.2) is 36.7 Å². The zero-order valence-corrected chi connectivity index (χ0v) is 12.0. The molecule has 2 N–H and O–H groups in total. The maximum absolute atomic E-state index is 12.3. The van der Waals surface area contributed by atoms with E-state index in [0.29, 0.717) is 29.5 Å². The minimum Gasteiger partial charge on any atom is -0.366 e. The predicted octanol–water partition coefficient (Wildman–Crippen LogP) is 1.45. The highest BCUT2D eigenvalue weighted by Gasteiger charge is 2.23. The number of morpholine rings is 1. The number of hydrogen-bond acceptors (Lipinski definition) is 4. The van der Waals surface area contributed by atoms with Crippen LogP contribution in [0.3, 0.4) is 0 Å². The largest absolute Gasteiger partial charge is 0.366 e. The van der Waals surface area contributed by atoms with Crippen molar-refractivity contribution in [3.05, 3.63) is 41.7 Å². The summed E-state index contributed by atoms with van der Waals surface area (Å²) in [6.45, 7) is 1.79. The van der Waals surface area contributed by atoms with E-state index in [9.17, 15) is 4.79 Å². The lowest BCUT2D eigenvalue weighted by Gasteiger charge is -2.23. The standard InChI is InChI=1S/C14H15ClN4O2/c15-10-3-1-4-11(13(10)19-7-2-5-17-19)18-14(20)12-9-16-6-8-21-12/h1-5,7,12,16H,6,8-9H2,(H,18,20). The van der Waals surface area contributed by atoms with Gasteiger partial charge in [0.2, 0.25) is 0 Å². The molecule has 1 aliphatic heterocycles. The number of carbonyl (C=O) groups is 1. The smallest absolute Gasteiger partial charge is 0.254 e. The van der Waals surface area contributed by atoms with Gasteiger partial charge in [-0.15, -0.1) is 0 Å². The highest BCUT2D eigenvalue weighted by molar-refractivity contribution is 6.33. The van der Waals surface area contributed by atoms with Crippen LogP contribution in [0.1, 0.15) is 0 Å². The van der Waals surface area contributed by atoms with Crippen LogP contribution in [0.4, 0.5) is 5.69 Å². The van der Waals surface area contributed by atoms with E-state index in [-0.39, 0.29) is 5.91 Å². The number of ether oxygens (including phenoxy) is 1. The topological polar surface area (TPSA) is 68.2 Å². The Balaban J connectivity index is 1.85. The molecule has 2 heterocycles. The molecule has 6 nitrogen and oxygen atoms in total. The van der Waals surface area contributed by atoms with Gasteiger partial charge in [-0.3, -0.25) is 4.79 Å². The summed E-state index contributed by atoms with van der Waals surface area (Å²) in [4.78, 5) is 12.3. The quantitative estimate of drug-likeness (QED) is 0.901. The van der Waals surface area contributed by atoms with Crippen LogP contribution in [-0.4, -0.2) is 41.5 Å². The normalized spacial score (nSPS) is 18.4. The molecule has 1 aromatic carbocycles. The van der Waals surface area contributed by atoms with Gasteiger partial charge in [-0.2, -0.15) is 5.10 Å². The van der Waals surface area contributed by atoms with Crippen molar-refractivity contribution >= 4 is 23.2 Å². The van der Waals surface area contributed by atoms with Gasteiger partial charge in [-0.05, 0) is 18.2 Å². The van der Waals surface area contributed by atoms with E-state index in [1.165, 1.54) is 0 Å². The Kier molecular flexibility index (Phi) is 4.19. The van der Waals surface area contributed by atoms with Gasteiger partial charge in [0.1, 0.15) is 11.8 Å². The van der Waals surface area contributed by atoms with Gasteiger partial charge < -0.3 is 15.4 Å². The third kappa shape index (κ3) is 3.07. The fraction of sp³-hybridized carbons (Fsp3) is 0.286. The highest BCUT2D eigenvalue weighted by atomic mass is 35.5. The molecular weight excluding hydrogens is 292 g/mol. The Hall–Kier alpha value is -1.89. The zero-order valence-electron chi connectivity index (χ0n) is 11.3. The first-order valence-corrected chi connectivity index (χ1v) is 7.05. The number of anilines is 1. The second-order valence-electron chi connectivity index (χ2n) is 4.64. The molecule has 1 aliphatic rings. The first-order chi connectivity index (χ1) is 10.3. The summed E-state index contributed by atoms with van der Waals surface area (Å²) in [5.41, 5.74) is 1.24. The summed E-state index contributed by atoms with van der Waals surface area (Å²) in [5.74, 6) is -0.196. The molecule has 21 heavy (non-hydrogen) atoms. The van der Waals surface area contributed by atoms with Crippen LogP contribution in [0.25, 0.3) is 5.69 Å². The molecule has 0 aliphatic carbocycles. The first kappa shape index (κ1) is 14.1. The molecule has 1 unspecified atom stereocenters. The van der Waals surface area contributed by atoms with Gasteiger partial charge in [0.15, 0.2) is 0 Å². The Bertz CT molecular complexity index is 624. The van der Waals surface area contributed by atoms with Crippen molar-refractivity contribution in [2.75, 3.05) is 25.0 Å². The lowest BCUT2D eigenvalue weighted by atomic mass is 10.2. The molecule has 0 bridgehead atoms. The second-order valence-corrected chi connectivity index (χ2v) is 5.05. The molecule has 0 spiro atoms. The maximum atomic E-state index is 12.3. The average Bonchev–Trinajstić information content (AvgIpc) is 3.02. The third-order valence-electron chi connectivity index (χ3n) is 3.20. The van der Waals surface area contributed by atoms with Crippen LogP contribution in [-0.2, 0) is 9.53 Å². The van der Waals surface area contributed by atoms with E-state index < -0.39 is 6.10 Å². The summed E-state index contributed by atoms with van der Waals surface area (Å²) in [6, 6.07) is 7.12. The molecule has 1 saturated heterocycles. The molecule has 1 fully saturated rings. The van der Waals surface area contributed by atoms with Gasteiger partial charge in [0, 0.05) is 25.5 Å². The number of nitrogens with one attached hydrogen (secondary N) is 2. The second kappa shape index (κ2) is 6.26. The zero-order chi connectivity index (χ0) is 14.7. The van der Waals surface area contributed by atoms with Crippen LogP contribution < -0.4 is 10.6 Å². The van der Waals surface area contributed by atoms with Gasteiger partial charge in [-0.25, -0.2) is 4.68 Å².